The quantitative estimate of drug-likeness (QED) is 0.625. The number of hydrogen-bond acceptors (Lipinski definition) is 4. The number of amides is 1. The Labute approximate surface area is 170 Å². The largest absolute Gasteiger partial charge is 0.373 e. The highest BCUT2D eigenvalue weighted by Crippen LogP contribution is 2.21. The number of anilines is 2. The summed E-state index contributed by atoms with van der Waals surface area (Å²) in [6.45, 7) is 7.17. The van der Waals surface area contributed by atoms with Crippen LogP contribution in [0.4, 0.5) is 11.4 Å². The van der Waals surface area contributed by atoms with Crippen molar-refractivity contribution < 1.29 is 4.79 Å². The number of halogens is 1. The van der Waals surface area contributed by atoms with Crippen LogP contribution in [0.3, 0.4) is 0 Å². The van der Waals surface area contributed by atoms with E-state index in [9.17, 15) is 10.1 Å². The second kappa shape index (κ2) is 8.81. The summed E-state index contributed by atoms with van der Waals surface area (Å²) in [6, 6.07) is 15.7. The monoisotopic (exact) mass is 394 g/mol. The number of benzene rings is 2. The Kier molecular flexibility index (Phi) is 6.23. The van der Waals surface area contributed by atoms with Crippen LogP contribution in [0.1, 0.15) is 11.1 Å². The van der Waals surface area contributed by atoms with Gasteiger partial charge in [0.05, 0.1) is 0 Å². The topological polar surface area (TPSA) is 59.4 Å². The Bertz CT molecular complexity index is 940. The molecule has 1 aliphatic rings. The number of nitriles is 1. The van der Waals surface area contributed by atoms with Crippen molar-refractivity contribution >= 4 is 28.9 Å². The molecule has 2 aromatic carbocycles. The molecule has 2 aromatic rings. The molecule has 0 saturated carbocycles. The fourth-order valence-electron chi connectivity index (χ4n) is 3.12. The van der Waals surface area contributed by atoms with Crippen LogP contribution in [0.2, 0.25) is 5.02 Å². The summed E-state index contributed by atoms with van der Waals surface area (Å²) in [5.74, 6) is -0.427. The molecule has 3 rings (SSSR count). The predicted molar refractivity (Wildman–Crippen MR) is 113 cm³/mol. The number of hydrogen-bond donors (Lipinski definition) is 1. The molecule has 1 heterocycles. The zero-order chi connectivity index (χ0) is 20.1. The SMILES string of the molecule is Cc1cccc(N2CCN(/C=C(/C#N)C(=O)Nc3ccc(C)c(Cl)c3)CC2)c1. The molecule has 0 radical (unpaired) electrons. The second-order valence-electron chi connectivity index (χ2n) is 6.93. The Morgan fingerprint density at radius 3 is 2.54 bits per heavy atom. The van der Waals surface area contributed by atoms with E-state index in [1.807, 2.05) is 24.0 Å². The fourth-order valence-corrected chi connectivity index (χ4v) is 3.30. The third kappa shape index (κ3) is 4.85. The van der Waals surface area contributed by atoms with E-state index in [0.29, 0.717) is 10.7 Å². The Morgan fingerprint density at radius 1 is 1.14 bits per heavy atom. The lowest BCUT2D eigenvalue weighted by Crippen LogP contribution is -2.44. The van der Waals surface area contributed by atoms with Gasteiger partial charge in [0, 0.05) is 48.8 Å². The molecule has 1 amide bonds. The molecular formula is C22H23ClN4O. The normalized spacial score (nSPS) is 14.6. The second-order valence-corrected chi connectivity index (χ2v) is 7.34. The lowest BCUT2D eigenvalue weighted by atomic mass is 10.2. The zero-order valence-corrected chi connectivity index (χ0v) is 16.8. The van der Waals surface area contributed by atoms with E-state index in [4.69, 9.17) is 11.6 Å². The van der Waals surface area contributed by atoms with Crippen LogP contribution in [0.25, 0.3) is 0 Å². The Balaban J connectivity index is 1.62. The summed E-state index contributed by atoms with van der Waals surface area (Å²) < 4.78 is 0. The lowest BCUT2D eigenvalue weighted by Gasteiger charge is -2.35. The van der Waals surface area contributed by atoms with Gasteiger partial charge in [0.25, 0.3) is 5.91 Å². The Hall–Kier alpha value is -2.97. The molecule has 0 unspecified atom stereocenters. The van der Waals surface area contributed by atoms with E-state index in [1.165, 1.54) is 11.3 Å². The van der Waals surface area contributed by atoms with Gasteiger partial charge in [0.2, 0.25) is 0 Å². The first-order valence-corrected chi connectivity index (χ1v) is 9.59. The molecule has 6 heteroatoms. The number of rotatable bonds is 4. The first kappa shape index (κ1) is 19.8. The minimum atomic E-state index is -0.427. The number of piperazine rings is 1. The number of aryl methyl sites for hydroxylation is 2. The van der Waals surface area contributed by atoms with Crippen LogP contribution in [-0.2, 0) is 4.79 Å². The summed E-state index contributed by atoms with van der Waals surface area (Å²) in [4.78, 5) is 16.8. The van der Waals surface area contributed by atoms with Crippen molar-refractivity contribution in [2.24, 2.45) is 0 Å². The molecule has 0 aliphatic carbocycles. The van der Waals surface area contributed by atoms with E-state index in [1.54, 1.807) is 18.3 Å². The molecule has 0 atom stereocenters. The molecule has 1 fully saturated rings. The fraction of sp³-hybridized carbons (Fsp3) is 0.273. The molecule has 5 nitrogen and oxygen atoms in total. The molecule has 1 aliphatic heterocycles. The zero-order valence-electron chi connectivity index (χ0n) is 16.1. The summed E-state index contributed by atoms with van der Waals surface area (Å²) in [5, 5.41) is 12.7. The number of nitrogens with one attached hydrogen (secondary N) is 1. The minimum absolute atomic E-state index is 0.0840. The highest BCUT2D eigenvalue weighted by Gasteiger charge is 2.18. The number of carbonyl (C=O) groups is 1. The van der Waals surface area contributed by atoms with Crippen molar-refractivity contribution in [1.82, 2.24) is 4.90 Å². The van der Waals surface area contributed by atoms with Gasteiger partial charge in [0.1, 0.15) is 11.6 Å². The van der Waals surface area contributed by atoms with Gasteiger partial charge in [0.15, 0.2) is 0 Å². The van der Waals surface area contributed by atoms with Crippen molar-refractivity contribution in [1.29, 1.82) is 5.26 Å². The smallest absolute Gasteiger partial charge is 0.267 e. The maximum absolute atomic E-state index is 12.5. The summed E-state index contributed by atoms with van der Waals surface area (Å²) >= 11 is 6.10. The predicted octanol–water partition coefficient (Wildman–Crippen LogP) is 4.13. The van der Waals surface area contributed by atoms with Gasteiger partial charge in [-0.3, -0.25) is 4.79 Å². The molecule has 0 aromatic heterocycles. The van der Waals surface area contributed by atoms with Crippen molar-refractivity contribution in [3.63, 3.8) is 0 Å². The molecule has 28 heavy (non-hydrogen) atoms. The van der Waals surface area contributed by atoms with E-state index < -0.39 is 5.91 Å². The van der Waals surface area contributed by atoms with Crippen LogP contribution < -0.4 is 10.2 Å². The van der Waals surface area contributed by atoms with Crippen molar-refractivity contribution in [3.05, 3.63) is 70.4 Å². The van der Waals surface area contributed by atoms with Crippen molar-refractivity contribution in [2.75, 3.05) is 36.4 Å². The van der Waals surface area contributed by atoms with Crippen LogP contribution in [0.15, 0.2) is 54.2 Å². The van der Waals surface area contributed by atoms with E-state index in [2.05, 4.69) is 41.4 Å². The summed E-state index contributed by atoms with van der Waals surface area (Å²) in [7, 11) is 0. The van der Waals surface area contributed by atoms with E-state index in [-0.39, 0.29) is 5.57 Å². The third-order valence-electron chi connectivity index (χ3n) is 4.79. The molecule has 0 bridgehead atoms. The van der Waals surface area contributed by atoms with Gasteiger partial charge >= 0.3 is 0 Å². The van der Waals surface area contributed by atoms with Gasteiger partial charge in [-0.1, -0.05) is 29.8 Å². The number of carbonyl (C=O) groups excluding carboxylic acids is 1. The standard InChI is InChI=1S/C22H23ClN4O/c1-16-4-3-5-20(12-16)27-10-8-26(9-11-27)15-18(14-24)22(28)25-19-7-6-17(2)21(23)13-19/h3-7,12-13,15H,8-11H2,1-2H3,(H,25,28)/b18-15-. The van der Waals surface area contributed by atoms with E-state index in [0.717, 1.165) is 31.7 Å². The summed E-state index contributed by atoms with van der Waals surface area (Å²) in [6.07, 6.45) is 1.65. The van der Waals surface area contributed by atoms with Crippen LogP contribution >= 0.6 is 11.6 Å². The van der Waals surface area contributed by atoms with E-state index >= 15 is 0 Å². The third-order valence-corrected chi connectivity index (χ3v) is 5.19. The minimum Gasteiger partial charge on any atom is -0.373 e. The summed E-state index contributed by atoms with van der Waals surface area (Å²) in [5.41, 5.74) is 4.03. The highest BCUT2D eigenvalue weighted by molar-refractivity contribution is 6.31. The highest BCUT2D eigenvalue weighted by atomic mass is 35.5. The van der Waals surface area contributed by atoms with Gasteiger partial charge < -0.3 is 15.1 Å². The first-order valence-electron chi connectivity index (χ1n) is 9.21. The average molecular weight is 395 g/mol. The van der Waals surface area contributed by atoms with Crippen LogP contribution in [0.5, 0.6) is 0 Å². The molecule has 144 valence electrons. The molecule has 1 saturated heterocycles. The van der Waals surface area contributed by atoms with Gasteiger partial charge in [-0.05, 0) is 49.2 Å². The maximum Gasteiger partial charge on any atom is 0.267 e. The Morgan fingerprint density at radius 2 is 1.89 bits per heavy atom. The first-order chi connectivity index (χ1) is 13.5. The van der Waals surface area contributed by atoms with Crippen molar-refractivity contribution in [3.8, 4) is 6.07 Å². The lowest BCUT2D eigenvalue weighted by molar-refractivity contribution is -0.112. The number of nitrogens with zero attached hydrogens (tertiary/aromatic N) is 3. The maximum atomic E-state index is 12.5. The molecule has 1 N–H and O–H groups in total. The molecular weight excluding hydrogens is 372 g/mol. The van der Waals surface area contributed by atoms with Crippen LogP contribution in [-0.4, -0.2) is 37.0 Å². The van der Waals surface area contributed by atoms with Crippen molar-refractivity contribution in [2.45, 2.75) is 13.8 Å². The molecule has 0 spiro atoms. The van der Waals surface area contributed by atoms with Crippen LogP contribution in [0, 0.1) is 25.2 Å². The van der Waals surface area contributed by atoms with Gasteiger partial charge in [-0.2, -0.15) is 5.26 Å². The average Bonchev–Trinajstić information content (AvgIpc) is 2.69. The van der Waals surface area contributed by atoms with Gasteiger partial charge in [-0.15, -0.1) is 0 Å². The van der Waals surface area contributed by atoms with Gasteiger partial charge in [-0.25, -0.2) is 0 Å².